The Bertz CT molecular complexity index is 640. The third-order valence-electron chi connectivity index (χ3n) is 3.18. The molecular formula is C15H13NO2S. The molecule has 1 N–H and O–H groups in total. The molecule has 4 heteroatoms. The van der Waals surface area contributed by atoms with Gasteiger partial charge in [-0.25, -0.2) is 0 Å². The van der Waals surface area contributed by atoms with Gasteiger partial charge in [0.25, 0.3) is 0 Å². The van der Waals surface area contributed by atoms with Crippen molar-refractivity contribution in [2.45, 2.75) is 16.6 Å². The smallest absolute Gasteiger partial charge is 0.225 e. The molecule has 1 heterocycles. The predicted molar refractivity (Wildman–Crippen MR) is 75.3 cm³/mol. The van der Waals surface area contributed by atoms with Gasteiger partial charge in [0.2, 0.25) is 5.91 Å². The highest BCUT2D eigenvalue weighted by Gasteiger charge is 2.28. The van der Waals surface area contributed by atoms with E-state index < -0.39 is 10.8 Å². The average Bonchev–Trinajstić information content (AvgIpc) is 2.57. The van der Waals surface area contributed by atoms with Crippen LogP contribution in [0, 0.1) is 0 Å². The highest BCUT2D eigenvalue weighted by atomic mass is 32.2. The molecule has 2 atom stereocenters. The first kappa shape index (κ1) is 12.1. The van der Waals surface area contributed by atoms with Crippen molar-refractivity contribution in [1.82, 2.24) is 0 Å². The van der Waals surface area contributed by atoms with Crippen LogP contribution in [0.15, 0.2) is 59.5 Å². The Balaban J connectivity index is 2.08. The van der Waals surface area contributed by atoms with Crippen LogP contribution in [0.25, 0.3) is 0 Å². The molecule has 0 aliphatic carbocycles. The lowest BCUT2D eigenvalue weighted by atomic mass is 10.1. The number of fused-ring (bicyclic) bond motifs is 1. The maximum absolute atomic E-state index is 12.7. The quantitative estimate of drug-likeness (QED) is 0.867. The second kappa shape index (κ2) is 4.97. The molecule has 1 aliphatic rings. The summed E-state index contributed by atoms with van der Waals surface area (Å²) in [6.45, 7) is 0. The second-order valence-corrected chi connectivity index (χ2v) is 6.05. The monoisotopic (exact) mass is 271 g/mol. The van der Waals surface area contributed by atoms with Crippen molar-refractivity contribution in [2.75, 3.05) is 5.32 Å². The Morgan fingerprint density at radius 1 is 1.00 bits per heavy atom. The zero-order valence-electron chi connectivity index (χ0n) is 10.2. The Kier molecular flexibility index (Phi) is 3.17. The molecule has 1 aliphatic heterocycles. The standard InChI is InChI=1S/C15H13NO2S/c17-15-10-14(11-6-2-1-3-7-11)19(18)13-9-5-4-8-12(13)16-15/h1-9,14H,10H2,(H,16,17)/t14-,19?/m1/s1. The Morgan fingerprint density at radius 2 is 1.68 bits per heavy atom. The molecule has 3 nitrogen and oxygen atoms in total. The number of anilines is 1. The number of amides is 1. The minimum Gasteiger partial charge on any atom is -0.325 e. The molecule has 0 saturated carbocycles. The zero-order chi connectivity index (χ0) is 13.2. The van der Waals surface area contributed by atoms with E-state index in [9.17, 15) is 9.00 Å². The fraction of sp³-hybridized carbons (Fsp3) is 0.133. The van der Waals surface area contributed by atoms with Crippen molar-refractivity contribution >= 4 is 22.4 Å². The molecule has 19 heavy (non-hydrogen) atoms. The van der Waals surface area contributed by atoms with E-state index in [0.29, 0.717) is 10.6 Å². The summed E-state index contributed by atoms with van der Waals surface area (Å²) >= 11 is 0. The number of nitrogens with one attached hydrogen (secondary N) is 1. The largest absolute Gasteiger partial charge is 0.325 e. The Morgan fingerprint density at radius 3 is 2.47 bits per heavy atom. The molecule has 0 spiro atoms. The topological polar surface area (TPSA) is 46.2 Å². The number of carbonyl (C=O) groups excluding carboxylic acids is 1. The average molecular weight is 271 g/mol. The maximum atomic E-state index is 12.7. The lowest BCUT2D eigenvalue weighted by Gasteiger charge is -2.13. The molecule has 2 aromatic rings. The first-order valence-electron chi connectivity index (χ1n) is 6.10. The van der Waals surface area contributed by atoms with Crippen molar-refractivity contribution in [3.8, 4) is 0 Å². The summed E-state index contributed by atoms with van der Waals surface area (Å²) in [6, 6.07) is 16.8. The van der Waals surface area contributed by atoms with Crippen molar-refractivity contribution in [3.05, 3.63) is 60.2 Å². The Labute approximate surface area is 114 Å². The van der Waals surface area contributed by atoms with Gasteiger partial charge in [-0.15, -0.1) is 0 Å². The first-order valence-corrected chi connectivity index (χ1v) is 7.31. The van der Waals surface area contributed by atoms with Gasteiger partial charge < -0.3 is 5.32 Å². The SMILES string of the molecule is O=C1C[C@H](c2ccccc2)S(=O)c2ccccc2N1. The lowest BCUT2D eigenvalue weighted by molar-refractivity contribution is -0.116. The predicted octanol–water partition coefficient (Wildman–Crippen LogP) is 2.88. The third kappa shape index (κ3) is 2.31. The number of hydrogen-bond donors (Lipinski definition) is 1. The van der Waals surface area contributed by atoms with Gasteiger partial charge in [0.15, 0.2) is 0 Å². The molecule has 0 fully saturated rings. The molecule has 2 aromatic carbocycles. The van der Waals surface area contributed by atoms with E-state index >= 15 is 0 Å². The van der Waals surface area contributed by atoms with Gasteiger partial charge >= 0.3 is 0 Å². The van der Waals surface area contributed by atoms with Crippen LogP contribution in [-0.4, -0.2) is 10.1 Å². The summed E-state index contributed by atoms with van der Waals surface area (Å²) < 4.78 is 12.7. The molecule has 0 aromatic heterocycles. The van der Waals surface area contributed by atoms with E-state index in [-0.39, 0.29) is 17.6 Å². The fourth-order valence-electron chi connectivity index (χ4n) is 2.25. The van der Waals surface area contributed by atoms with Gasteiger partial charge in [-0.2, -0.15) is 0 Å². The number of carbonyl (C=O) groups is 1. The van der Waals surface area contributed by atoms with E-state index in [2.05, 4.69) is 5.32 Å². The van der Waals surface area contributed by atoms with Crippen LogP contribution >= 0.6 is 0 Å². The van der Waals surface area contributed by atoms with Crippen LogP contribution in [0.4, 0.5) is 5.69 Å². The number of benzene rings is 2. The van der Waals surface area contributed by atoms with Gasteiger partial charge in [0, 0.05) is 6.42 Å². The second-order valence-electron chi connectivity index (χ2n) is 4.45. The molecule has 0 bridgehead atoms. The number of hydrogen-bond acceptors (Lipinski definition) is 2. The van der Waals surface area contributed by atoms with Crippen molar-refractivity contribution in [1.29, 1.82) is 0 Å². The summed E-state index contributed by atoms with van der Waals surface area (Å²) in [5.74, 6) is -0.0906. The number of rotatable bonds is 1. The summed E-state index contributed by atoms with van der Waals surface area (Å²) in [5.41, 5.74) is 1.59. The van der Waals surface area contributed by atoms with E-state index in [1.54, 1.807) is 6.07 Å². The van der Waals surface area contributed by atoms with Gasteiger partial charge in [-0.05, 0) is 17.7 Å². The van der Waals surface area contributed by atoms with Crippen molar-refractivity contribution in [2.24, 2.45) is 0 Å². The summed E-state index contributed by atoms with van der Waals surface area (Å²) in [7, 11) is -1.23. The number of para-hydroxylation sites is 1. The molecule has 1 amide bonds. The summed E-state index contributed by atoms with van der Waals surface area (Å²) in [4.78, 5) is 12.6. The maximum Gasteiger partial charge on any atom is 0.225 e. The van der Waals surface area contributed by atoms with Crippen LogP contribution in [0.2, 0.25) is 0 Å². The molecule has 0 radical (unpaired) electrons. The van der Waals surface area contributed by atoms with Crippen LogP contribution in [-0.2, 0) is 15.6 Å². The van der Waals surface area contributed by atoms with E-state index in [1.807, 2.05) is 48.5 Å². The highest BCUT2D eigenvalue weighted by Crippen LogP contribution is 2.34. The van der Waals surface area contributed by atoms with Crippen LogP contribution in [0.5, 0.6) is 0 Å². The van der Waals surface area contributed by atoms with Crippen LogP contribution in [0.1, 0.15) is 17.2 Å². The Hall–Kier alpha value is -1.94. The lowest BCUT2D eigenvalue weighted by Crippen LogP contribution is -2.13. The zero-order valence-corrected chi connectivity index (χ0v) is 11.0. The van der Waals surface area contributed by atoms with Crippen molar-refractivity contribution in [3.63, 3.8) is 0 Å². The van der Waals surface area contributed by atoms with E-state index in [0.717, 1.165) is 5.56 Å². The molecule has 3 rings (SSSR count). The summed E-state index contributed by atoms with van der Waals surface area (Å²) in [5, 5.41) is 2.53. The summed E-state index contributed by atoms with van der Waals surface area (Å²) in [6.07, 6.45) is 0.241. The van der Waals surface area contributed by atoms with Crippen molar-refractivity contribution < 1.29 is 9.00 Å². The highest BCUT2D eigenvalue weighted by molar-refractivity contribution is 7.85. The fourth-order valence-corrected chi connectivity index (χ4v) is 3.82. The molecule has 0 saturated heterocycles. The minimum absolute atomic E-state index is 0.0906. The van der Waals surface area contributed by atoms with Gasteiger partial charge in [-0.1, -0.05) is 42.5 Å². The first-order chi connectivity index (χ1) is 9.25. The van der Waals surface area contributed by atoms with E-state index in [4.69, 9.17) is 0 Å². The van der Waals surface area contributed by atoms with Gasteiger partial charge in [0.1, 0.15) is 0 Å². The van der Waals surface area contributed by atoms with Gasteiger partial charge in [0.05, 0.1) is 26.6 Å². The van der Waals surface area contributed by atoms with E-state index in [1.165, 1.54) is 0 Å². The third-order valence-corrected chi connectivity index (χ3v) is 4.92. The van der Waals surface area contributed by atoms with Crippen LogP contribution in [0.3, 0.4) is 0 Å². The minimum atomic E-state index is -1.23. The molecular weight excluding hydrogens is 258 g/mol. The normalized spacial score (nSPS) is 22.2. The van der Waals surface area contributed by atoms with Crippen LogP contribution < -0.4 is 5.32 Å². The molecule has 1 unspecified atom stereocenters. The van der Waals surface area contributed by atoms with Gasteiger partial charge in [-0.3, -0.25) is 9.00 Å². The molecule has 96 valence electrons.